The molecule has 0 saturated heterocycles. The molecule has 0 unspecified atom stereocenters. The largest absolute Gasteiger partial charge is 0.365 e. The number of carbonyl (C=O) groups is 3. The minimum absolute atomic E-state index is 0.00766. The van der Waals surface area contributed by atoms with E-state index in [0.717, 1.165) is 0 Å². The van der Waals surface area contributed by atoms with Crippen LogP contribution in [0.1, 0.15) is 36.6 Å². The molecule has 0 bridgehead atoms. The molecule has 116 valence electrons. The minimum Gasteiger partial charge on any atom is -0.324 e. The minimum atomic E-state index is -0.939. The van der Waals surface area contributed by atoms with Crippen molar-refractivity contribution in [3.8, 4) is 0 Å². The molecular weight excluding hydrogens is 341 g/mol. The van der Waals surface area contributed by atoms with Gasteiger partial charge in [0.2, 0.25) is 0 Å². The quantitative estimate of drug-likeness (QED) is 0.776. The van der Waals surface area contributed by atoms with E-state index >= 15 is 0 Å². The fourth-order valence-electron chi connectivity index (χ4n) is 2.19. The molecule has 1 aliphatic heterocycles. The van der Waals surface area contributed by atoms with Crippen LogP contribution in [0.15, 0.2) is 36.4 Å². The molecule has 2 aromatic carbocycles. The highest BCUT2D eigenvalue weighted by Gasteiger charge is 2.39. The molecule has 5 nitrogen and oxygen atoms in total. The van der Waals surface area contributed by atoms with Gasteiger partial charge in [-0.2, -0.15) is 0 Å². The van der Waals surface area contributed by atoms with Crippen molar-refractivity contribution >= 4 is 41.0 Å². The number of fused-ring (bicyclic) bond motifs is 1. The van der Waals surface area contributed by atoms with Crippen LogP contribution in [0.5, 0.6) is 0 Å². The molecule has 0 aliphatic carbocycles. The topological polar surface area (TPSA) is 63.7 Å². The van der Waals surface area contributed by atoms with Gasteiger partial charge in [-0.15, -0.1) is 0 Å². The summed E-state index contributed by atoms with van der Waals surface area (Å²) in [5, 5.41) is 0.647. The van der Waals surface area contributed by atoms with E-state index in [1.807, 2.05) is 0 Å². The first-order chi connectivity index (χ1) is 10.9. The third-order valence-electron chi connectivity index (χ3n) is 3.43. The SMILES string of the molecule is Cc1ccc(C(=O)ON2C(=O)c3ccccc3C2=O)c(Cl)c1Cl. The Morgan fingerprint density at radius 2 is 1.52 bits per heavy atom. The van der Waals surface area contributed by atoms with E-state index in [2.05, 4.69) is 0 Å². The maximum atomic E-state index is 12.2. The van der Waals surface area contributed by atoms with Gasteiger partial charge in [-0.3, -0.25) is 9.59 Å². The van der Waals surface area contributed by atoms with Gasteiger partial charge in [-0.1, -0.05) is 46.5 Å². The molecule has 7 heteroatoms. The highest BCUT2D eigenvalue weighted by atomic mass is 35.5. The van der Waals surface area contributed by atoms with E-state index in [4.69, 9.17) is 28.0 Å². The molecule has 23 heavy (non-hydrogen) atoms. The van der Waals surface area contributed by atoms with Crippen LogP contribution in [-0.2, 0) is 4.84 Å². The molecule has 1 heterocycles. The first kappa shape index (κ1) is 15.5. The van der Waals surface area contributed by atoms with Gasteiger partial charge in [0.05, 0.1) is 26.7 Å². The lowest BCUT2D eigenvalue weighted by Crippen LogP contribution is -2.32. The second-order valence-corrected chi connectivity index (χ2v) is 5.64. The second-order valence-electron chi connectivity index (χ2n) is 4.89. The summed E-state index contributed by atoms with van der Waals surface area (Å²) >= 11 is 12.0. The van der Waals surface area contributed by atoms with Gasteiger partial charge < -0.3 is 4.84 Å². The van der Waals surface area contributed by atoms with E-state index < -0.39 is 17.8 Å². The average Bonchev–Trinajstić information content (AvgIpc) is 2.78. The summed E-state index contributed by atoms with van der Waals surface area (Å²) in [7, 11) is 0. The van der Waals surface area contributed by atoms with Gasteiger partial charge in [-0.05, 0) is 30.7 Å². The van der Waals surface area contributed by atoms with Crippen molar-refractivity contribution in [2.45, 2.75) is 6.92 Å². The number of aryl methyl sites for hydroxylation is 1. The number of halogens is 2. The van der Waals surface area contributed by atoms with Gasteiger partial charge in [-0.25, -0.2) is 4.79 Å². The number of benzene rings is 2. The molecule has 0 aromatic heterocycles. The lowest BCUT2D eigenvalue weighted by atomic mass is 10.1. The normalized spacial score (nSPS) is 13.3. The number of imide groups is 1. The Bertz CT molecular complexity index is 828. The number of amides is 2. The third-order valence-corrected chi connectivity index (χ3v) is 4.40. The molecule has 2 aromatic rings. The Morgan fingerprint density at radius 3 is 2.09 bits per heavy atom. The molecule has 0 atom stereocenters. The van der Waals surface area contributed by atoms with Crippen LogP contribution in [-0.4, -0.2) is 22.8 Å². The molecule has 1 aliphatic rings. The monoisotopic (exact) mass is 349 g/mol. The van der Waals surface area contributed by atoms with Crippen molar-refractivity contribution < 1.29 is 19.2 Å². The zero-order chi connectivity index (χ0) is 16.7. The van der Waals surface area contributed by atoms with Gasteiger partial charge in [0, 0.05) is 0 Å². The highest BCUT2D eigenvalue weighted by molar-refractivity contribution is 6.44. The van der Waals surface area contributed by atoms with Crippen LogP contribution >= 0.6 is 23.2 Å². The zero-order valence-corrected chi connectivity index (χ0v) is 13.3. The van der Waals surface area contributed by atoms with Crippen molar-refractivity contribution in [3.63, 3.8) is 0 Å². The van der Waals surface area contributed by atoms with Crippen LogP contribution in [0.4, 0.5) is 0 Å². The number of rotatable bonds is 2. The van der Waals surface area contributed by atoms with Crippen LogP contribution in [0.25, 0.3) is 0 Å². The lowest BCUT2D eigenvalue weighted by molar-refractivity contribution is -0.0584. The van der Waals surface area contributed by atoms with E-state index in [-0.39, 0.29) is 26.7 Å². The predicted molar refractivity (Wildman–Crippen MR) is 83.6 cm³/mol. The maximum absolute atomic E-state index is 12.2. The molecule has 0 saturated carbocycles. The van der Waals surface area contributed by atoms with E-state index in [1.165, 1.54) is 18.2 Å². The Morgan fingerprint density at radius 1 is 0.957 bits per heavy atom. The molecule has 0 fully saturated rings. The summed E-state index contributed by atoms with van der Waals surface area (Å²) in [6, 6.07) is 9.22. The molecule has 0 N–H and O–H groups in total. The summed E-state index contributed by atoms with van der Waals surface area (Å²) in [6.07, 6.45) is 0. The average molecular weight is 350 g/mol. The summed E-state index contributed by atoms with van der Waals surface area (Å²) in [5.41, 5.74) is 1.02. The van der Waals surface area contributed by atoms with Crippen LogP contribution in [0, 0.1) is 6.92 Å². The summed E-state index contributed by atoms with van der Waals surface area (Å²) in [5.74, 6) is -2.34. The van der Waals surface area contributed by atoms with Gasteiger partial charge >= 0.3 is 5.97 Å². The smallest absolute Gasteiger partial charge is 0.324 e. The number of hydrogen-bond acceptors (Lipinski definition) is 4. The first-order valence-corrected chi connectivity index (χ1v) is 7.32. The summed E-state index contributed by atoms with van der Waals surface area (Å²) in [4.78, 5) is 41.4. The van der Waals surface area contributed by atoms with Gasteiger partial charge in [0.1, 0.15) is 0 Å². The molecule has 0 spiro atoms. The number of hydrogen-bond donors (Lipinski definition) is 0. The molecule has 0 radical (unpaired) electrons. The van der Waals surface area contributed by atoms with Crippen LogP contribution < -0.4 is 0 Å². The van der Waals surface area contributed by atoms with Gasteiger partial charge in [0.25, 0.3) is 11.8 Å². The number of nitrogens with zero attached hydrogens (tertiary/aromatic N) is 1. The van der Waals surface area contributed by atoms with Crippen molar-refractivity contribution in [2.24, 2.45) is 0 Å². The van der Waals surface area contributed by atoms with Crippen LogP contribution in [0.3, 0.4) is 0 Å². The molecular formula is C16H9Cl2NO4. The Kier molecular flexibility index (Phi) is 3.83. The van der Waals surface area contributed by atoms with Gasteiger partial charge in [0.15, 0.2) is 0 Å². The van der Waals surface area contributed by atoms with Crippen molar-refractivity contribution in [2.75, 3.05) is 0 Å². The Hall–Kier alpha value is -2.37. The zero-order valence-electron chi connectivity index (χ0n) is 11.8. The first-order valence-electron chi connectivity index (χ1n) is 6.56. The standard InChI is InChI=1S/C16H9Cl2NO4/c1-8-6-7-11(13(18)12(8)17)16(22)23-19-14(20)9-4-2-3-5-10(9)15(19)21/h2-7H,1H3. The van der Waals surface area contributed by atoms with E-state index in [9.17, 15) is 14.4 Å². The van der Waals surface area contributed by atoms with Crippen LogP contribution in [0.2, 0.25) is 10.0 Å². The van der Waals surface area contributed by atoms with E-state index in [1.54, 1.807) is 25.1 Å². The lowest BCUT2D eigenvalue weighted by Gasteiger charge is -2.14. The number of carbonyl (C=O) groups excluding carboxylic acids is 3. The van der Waals surface area contributed by atoms with E-state index in [0.29, 0.717) is 10.6 Å². The van der Waals surface area contributed by atoms with Crippen molar-refractivity contribution in [3.05, 3.63) is 68.7 Å². The van der Waals surface area contributed by atoms with Crippen molar-refractivity contribution in [1.82, 2.24) is 5.06 Å². The third kappa shape index (κ3) is 2.48. The Labute approximate surface area is 141 Å². The predicted octanol–water partition coefficient (Wildman–Crippen LogP) is 3.67. The maximum Gasteiger partial charge on any atom is 0.365 e. The highest BCUT2D eigenvalue weighted by Crippen LogP contribution is 2.30. The number of hydroxylamine groups is 2. The fourth-order valence-corrected chi connectivity index (χ4v) is 2.64. The summed E-state index contributed by atoms with van der Waals surface area (Å²) in [6.45, 7) is 1.73. The fraction of sp³-hybridized carbons (Fsp3) is 0.0625. The van der Waals surface area contributed by atoms with Crippen molar-refractivity contribution in [1.29, 1.82) is 0 Å². The summed E-state index contributed by atoms with van der Waals surface area (Å²) < 4.78 is 0. The molecule has 2 amide bonds. The molecule has 3 rings (SSSR count). The second kappa shape index (κ2) is 5.68. The Balaban J connectivity index is 1.89.